The third-order valence-corrected chi connectivity index (χ3v) is 4.02. The summed E-state index contributed by atoms with van der Waals surface area (Å²) in [5, 5.41) is 10.6. The molecule has 20 heavy (non-hydrogen) atoms. The van der Waals surface area contributed by atoms with Crippen molar-refractivity contribution in [2.45, 2.75) is 16.2 Å². The van der Waals surface area contributed by atoms with Crippen molar-refractivity contribution in [1.29, 1.82) is 0 Å². The first-order valence-electron chi connectivity index (χ1n) is 5.84. The molecule has 0 saturated carbocycles. The van der Waals surface area contributed by atoms with Gasteiger partial charge in [0.25, 0.3) is 5.22 Å². The summed E-state index contributed by atoms with van der Waals surface area (Å²) in [5.74, 6) is 0.747. The van der Waals surface area contributed by atoms with Gasteiger partial charge in [0.2, 0.25) is 0 Å². The van der Waals surface area contributed by atoms with Crippen molar-refractivity contribution in [3.05, 3.63) is 64.9 Å². The van der Waals surface area contributed by atoms with E-state index in [0.717, 1.165) is 4.90 Å². The molecule has 0 saturated heterocycles. The van der Waals surface area contributed by atoms with Gasteiger partial charge in [-0.05, 0) is 52.0 Å². The predicted molar refractivity (Wildman–Crippen MR) is 77.5 cm³/mol. The maximum atomic E-state index is 10.2. The Bertz CT molecular complexity index is 682. The fourth-order valence-electron chi connectivity index (χ4n) is 1.67. The Morgan fingerprint density at radius 2 is 1.95 bits per heavy atom. The Hall–Kier alpha value is -1.50. The largest absolute Gasteiger partial charge is 0.466 e. The molecule has 0 aliphatic heterocycles. The lowest BCUT2D eigenvalue weighted by Crippen LogP contribution is -1.96. The second-order valence-corrected chi connectivity index (χ2v) is 5.74. The van der Waals surface area contributed by atoms with Gasteiger partial charge in [-0.25, -0.2) is 0 Å². The fraction of sp³-hybridized carbons (Fsp3) is 0.0714. The number of nitrogens with zero attached hydrogens (tertiary/aromatic N) is 1. The van der Waals surface area contributed by atoms with Gasteiger partial charge in [-0.3, -0.25) is 0 Å². The predicted octanol–water partition coefficient (Wildman–Crippen LogP) is 4.26. The minimum Gasteiger partial charge on any atom is -0.466 e. The molecule has 2 heterocycles. The van der Waals surface area contributed by atoms with Gasteiger partial charge in [0.15, 0.2) is 16.5 Å². The normalized spacial score (nSPS) is 12.5. The Kier molecular flexibility index (Phi) is 3.95. The average molecular weight is 352 g/mol. The van der Waals surface area contributed by atoms with Crippen LogP contribution in [0, 0.1) is 0 Å². The van der Waals surface area contributed by atoms with E-state index < -0.39 is 6.10 Å². The number of hydrogen-bond acceptors (Lipinski definition) is 5. The molecule has 102 valence electrons. The molecule has 3 aromatic rings. The number of aliphatic hydroxyl groups is 1. The van der Waals surface area contributed by atoms with Crippen molar-refractivity contribution in [2.24, 2.45) is 0 Å². The van der Waals surface area contributed by atoms with E-state index in [0.29, 0.717) is 21.3 Å². The zero-order valence-electron chi connectivity index (χ0n) is 10.2. The molecule has 6 heteroatoms. The first kappa shape index (κ1) is 13.5. The van der Waals surface area contributed by atoms with Crippen molar-refractivity contribution < 1.29 is 13.9 Å². The Labute approximate surface area is 128 Å². The van der Waals surface area contributed by atoms with Gasteiger partial charge in [-0.2, -0.15) is 4.98 Å². The van der Waals surface area contributed by atoms with Crippen LogP contribution in [0.4, 0.5) is 0 Å². The molecule has 0 amide bonds. The second-order valence-electron chi connectivity index (χ2n) is 3.97. The van der Waals surface area contributed by atoms with E-state index in [1.54, 1.807) is 12.1 Å². The van der Waals surface area contributed by atoms with E-state index in [9.17, 15) is 5.11 Å². The third kappa shape index (κ3) is 2.82. The molecule has 0 bridgehead atoms. The fourth-order valence-corrected chi connectivity index (χ4v) is 3.01. The number of furan rings is 1. The SMILES string of the molecule is OC(c1ccco1)c1oc(Sc2ccccc2)nc1Br. The lowest BCUT2D eigenvalue weighted by Gasteiger charge is -2.03. The summed E-state index contributed by atoms with van der Waals surface area (Å²) in [6, 6.07) is 13.2. The van der Waals surface area contributed by atoms with Crippen LogP contribution in [0.5, 0.6) is 0 Å². The lowest BCUT2D eigenvalue weighted by atomic mass is 10.2. The summed E-state index contributed by atoms with van der Waals surface area (Å²) in [4.78, 5) is 5.26. The molecule has 2 aromatic heterocycles. The summed E-state index contributed by atoms with van der Waals surface area (Å²) in [5.41, 5.74) is 0. The monoisotopic (exact) mass is 351 g/mol. The molecule has 0 aliphatic carbocycles. The van der Waals surface area contributed by atoms with Gasteiger partial charge >= 0.3 is 0 Å². The number of oxazole rings is 1. The zero-order valence-corrected chi connectivity index (χ0v) is 12.6. The summed E-state index contributed by atoms with van der Waals surface area (Å²) in [6.07, 6.45) is 0.527. The number of aromatic nitrogens is 1. The first-order chi connectivity index (χ1) is 9.74. The third-order valence-electron chi connectivity index (χ3n) is 2.60. The van der Waals surface area contributed by atoms with E-state index in [1.807, 2.05) is 30.3 Å². The highest BCUT2D eigenvalue weighted by Crippen LogP contribution is 2.35. The molecule has 3 rings (SSSR count). The van der Waals surface area contributed by atoms with E-state index >= 15 is 0 Å². The number of aliphatic hydroxyl groups excluding tert-OH is 1. The molecule has 4 nitrogen and oxygen atoms in total. The van der Waals surface area contributed by atoms with E-state index in [-0.39, 0.29) is 0 Å². The van der Waals surface area contributed by atoms with Crippen LogP contribution in [0.15, 0.2) is 72.3 Å². The molecule has 0 spiro atoms. The molecular weight excluding hydrogens is 342 g/mol. The van der Waals surface area contributed by atoms with Gasteiger partial charge in [0.05, 0.1) is 6.26 Å². The quantitative estimate of drug-likeness (QED) is 0.760. The maximum Gasteiger partial charge on any atom is 0.262 e. The number of halogens is 1. The molecule has 1 N–H and O–H groups in total. The van der Waals surface area contributed by atoms with Crippen LogP contribution in [-0.2, 0) is 0 Å². The van der Waals surface area contributed by atoms with Crippen molar-refractivity contribution >= 4 is 27.7 Å². The van der Waals surface area contributed by atoms with Crippen molar-refractivity contribution in [2.75, 3.05) is 0 Å². The van der Waals surface area contributed by atoms with Gasteiger partial charge in [-0.15, -0.1) is 0 Å². The lowest BCUT2D eigenvalue weighted by molar-refractivity contribution is 0.155. The van der Waals surface area contributed by atoms with Crippen LogP contribution < -0.4 is 0 Å². The average Bonchev–Trinajstić information content (AvgIpc) is 3.09. The number of hydrogen-bond donors (Lipinski definition) is 1. The summed E-state index contributed by atoms with van der Waals surface area (Å²) in [6.45, 7) is 0. The standard InChI is InChI=1S/C14H10BrNO3S/c15-13-12(11(17)10-7-4-8-18-10)19-14(16-13)20-9-5-2-1-3-6-9/h1-8,11,17H. The van der Waals surface area contributed by atoms with Crippen LogP contribution in [-0.4, -0.2) is 10.1 Å². The van der Waals surface area contributed by atoms with Gasteiger partial charge < -0.3 is 13.9 Å². The van der Waals surface area contributed by atoms with Crippen LogP contribution in [0.3, 0.4) is 0 Å². The summed E-state index contributed by atoms with van der Waals surface area (Å²) >= 11 is 4.68. The Balaban J connectivity index is 1.84. The van der Waals surface area contributed by atoms with Crippen LogP contribution in [0.2, 0.25) is 0 Å². The molecule has 1 unspecified atom stereocenters. The minimum atomic E-state index is -0.975. The molecular formula is C14H10BrNO3S. The zero-order chi connectivity index (χ0) is 13.9. The molecule has 1 atom stereocenters. The van der Waals surface area contributed by atoms with E-state index in [4.69, 9.17) is 8.83 Å². The van der Waals surface area contributed by atoms with Crippen molar-refractivity contribution in [3.8, 4) is 0 Å². The molecule has 0 fully saturated rings. The van der Waals surface area contributed by atoms with Crippen LogP contribution >= 0.6 is 27.7 Å². The number of benzene rings is 1. The van der Waals surface area contributed by atoms with Gasteiger partial charge in [0, 0.05) is 4.90 Å². The molecule has 1 aromatic carbocycles. The van der Waals surface area contributed by atoms with E-state index in [1.165, 1.54) is 18.0 Å². The van der Waals surface area contributed by atoms with Crippen molar-refractivity contribution in [3.63, 3.8) is 0 Å². The Morgan fingerprint density at radius 3 is 2.65 bits per heavy atom. The second kappa shape index (κ2) is 5.87. The molecule has 0 aliphatic rings. The molecule has 0 radical (unpaired) electrons. The highest BCUT2D eigenvalue weighted by atomic mass is 79.9. The van der Waals surface area contributed by atoms with Crippen molar-refractivity contribution in [1.82, 2.24) is 4.98 Å². The van der Waals surface area contributed by atoms with Gasteiger partial charge in [-0.1, -0.05) is 18.2 Å². The van der Waals surface area contributed by atoms with Crippen LogP contribution in [0.25, 0.3) is 0 Å². The first-order valence-corrected chi connectivity index (χ1v) is 7.45. The summed E-state index contributed by atoms with van der Waals surface area (Å²) in [7, 11) is 0. The highest BCUT2D eigenvalue weighted by molar-refractivity contribution is 9.10. The van der Waals surface area contributed by atoms with E-state index in [2.05, 4.69) is 20.9 Å². The minimum absolute atomic E-state index is 0.332. The maximum absolute atomic E-state index is 10.2. The highest BCUT2D eigenvalue weighted by Gasteiger charge is 2.23. The topological polar surface area (TPSA) is 59.4 Å². The summed E-state index contributed by atoms with van der Waals surface area (Å²) < 4.78 is 11.2. The van der Waals surface area contributed by atoms with Crippen LogP contribution in [0.1, 0.15) is 17.6 Å². The van der Waals surface area contributed by atoms with Gasteiger partial charge in [0.1, 0.15) is 5.76 Å². The number of rotatable bonds is 4. The smallest absolute Gasteiger partial charge is 0.262 e. The Morgan fingerprint density at radius 1 is 1.15 bits per heavy atom.